The lowest BCUT2D eigenvalue weighted by Crippen LogP contribution is -2.33. The molecule has 3 aromatic rings. The Morgan fingerprint density at radius 3 is 1.77 bits per heavy atom. The quantitative estimate of drug-likeness (QED) is 0.0523. The first-order valence-electron chi connectivity index (χ1n) is 16.7. The third kappa shape index (κ3) is 13.0. The van der Waals surface area contributed by atoms with Crippen molar-refractivity contribution in [3.8, 4) is 22.6 Å². The third-order valence-corrected chi connectivity index (χ3v) is 7.88. The summed E-state index contributed by atoms with van der Waals surface area (Å²) in [6.07, 6.45) is 4.97. The largest absolute Gasteiger partial charge is 0.494 e. The van der Waals surface area contributed by atoms with Gasteiger partial charge in [0.05, 0.1) is 17.7 Å². The number of hydrogen-bond acceptors (Lipinski definition) is 5. The maximum absolute atomic E-state index is 14.7. The molecule has 47 heavy (non-hydrogen) atoms. The van der Waals surface area contributed by atoms with Crippen LogP contribution in [0.25, 0.3) is 11.1 Å². The van der Waals surface area contributed by atoms with Crippen molar-refractivity contribution in [1.82, 2.24) is 0 Å². The van der Waals surface area contributed by atoms with Crippen molar-refractivity contribution in [3.63, 3.8) is 0 Å². The van der Waals surface area contributed by atoms with Crippen molar-refractivity contribution in [2.75, 3.05) is 6.61 Å². The van der Waals surface area contributed by atoms with Crippen molar-refractivity contribution in [1.29, 1.82) is 0 Å². The van der Waals surface area contributed by atoms with Gasteiger partial charge in [-0.3, -0.25) is 0 Å². The molecule has 1 atom stereocenters. The molecule has 5 nitrogen and oxygen atoms in total. The van der Waals surface area contributed by atoms with Crippen LogP contribution >= 0.6 is 0 Å². The van der Waals surface area contributed by atoms with Gasteiger partial charge < -0.3 is 14.2 Å². The smallest absolute Gasteiger partial charge is 0.425 e. The summed E-state index contributed by atoms with van der Waals surface area (Å²) in [6.45, 7) is 4.83. The van der Waals surface area contributed by atoms with E-state index in [4.69, 9.17) is 9.47 Å². The standard InChI is InChI=1S/C38H46F4O5/c1-3-5-7-9-10-11-12-14-26-45-32-23-20-29(21-24-32)28-16-18-30(19-17-28)36(43)46-34-25-22-31(27-33(34)39)37(44)47-35(38(40,41)42)15-13-8-6-4-2/h16-25,27,35H,3-15,26H2,1-2H3. The molecule has 0 bridgehead atoms. The van der Waals surface area contributed by atoms with Crippen LogP contribution in [0.4, 0.5) is 17.6 Å². The number of benzene rings is 3. The van der Waals surface area contributed by atoms with Crippen LogP contribution in [0, 0.1) is 5.82 Å². The van der Waals surface area contributed by atoms with Gasteiger partial charge in [-0.25, -0.2) is 14.0 Å². The fourth-order valence-corrected chi connectivity index (χ4v) is 5.08. The van der Waals surface area contributed by atoms with Crippen LogP contribution in [0.15, 0.2) is 66.7 Å². The normalized spacial score (nSPS) is 12.0. The molecule has 0 spiro atoms. The Morgan fingerprint density at radius 2 is 1.19 bits per heavy atom. The second kappa shape index (κ2) is 19.7. The van der Waals surface area contributed by atoms with E-state index >= 15 is 0 Å². The van der Waals surface area contributed by atoms with Crippen LogP contribution in [0.1, 0.15) is 118 Å². The number of carbonyl (C=O) groups excluding carboxylic acids is 2. The Labute approximate surface area is 275 Å². The summed E-state index contributed by atoms with van der Waals surface area (Å²) < 4.78 is 70.6. The minimum atomic E-state index is -4.74. The molecule has 0 aliphatic rings. The van der Waals surface area contributed by atoms with Gasteiger partial charge in [-0.15, -0.1) is 0 Å². The van der Waals surface area contributed by atoms with E-state index in [-0.39, 0.29) is 18.4 Å². The van der Waals surface area contributed by atoms with Gasteiger partial charge in [-0.1, -0.05) is 102 Å². The molecule has 1 unspecified atom stereocenters. The molecule has 0 saturated carbocycles. The van der Waals surface area contributed by atoms with Crippen LogP contribution < -0.4 is 9.47 Å². The maximum Gasteiger partial charge on any atom is 0.425 e. The lowest BCUT2D eigenvalue weighted by molar-refractivity contribution is -0.206. The summed E-state index contributed by atoms with van der Waals surface area (Å²) in [7, 11) is 0. The Bertz CT molecular complexity index is 1370. The van der Waals surface area contributed by atoms with Crippen molar-refractivity contribution in [2.45, 2.75) is 110 Å². The van der Waals surface area contributed by atoms with E-state index in [1.165, 1.54) is 38.5 Å². The van der Waals surface area contributed by atoms with Gasteiger partial charge in [0.1, 0.15) is 5.75 Å². The maximum atomic E-state index is 14.7. The van der Waals surface area contributed by atoms with Crippen molar-refractivity contribution in [2.24, 2.45) is 0 Å². The predicted molar refractivity (Wildman–Crippen MR) is 175 cm³/mol. The van der Waals surface area contributed by atoms with Crippen LogP contribution in [0.5, 0.6) is 11.5 Å². The van der Waals surface area contributed by atoms with Crippen molar-refractivity contribution in [3.05, 3.63) is 83.7 Å². The van der Waals surface area contributed by atoms with Gasteiger partial charge in [0.2, 0.25) is 0 Å². The highest BCUT2D eigenvalue weighted by Gasteiger charge is 2.42. The predicted octanol–water partition coefficient (Wildman–Crippen LogP) is 11.3. The Hall–Kier alpha value is -3.88. The second-order valence-electron chi connectivity index (χ2n) is 11.7. The molecule has 0 aliphatic heterocycles. The van der Waals surface area contributed by atoms with Gasteiger partial charge in [0.15, 0.2) is 17.7 Å². The van der Waals surface area contributed by atoms with E-state index in [2.05, 4.69) is 11.7 Å². The second-order valence-corrected chi connectivity index (χ2v) is 11.7. The van der Waals surface area contributed by atoms with Gasteiger partial charge in [0, 0.05) is 0 Å². The number of unbranched alkanes of at least 4 members (excludes halogenated alkanes) is 10. The summed E-state index contributed by atoms with van der Waals surface area (Å²) in [5.41, 5.74) is 1.52. The first-order chi connectivity index (χ1) is 22.6. The van der Waals surface area contributed by atoms with Crippen molar-refractivity contribution < 1.29 is 41.4 Å². The molecule has 3 rings (SSSR count). The number of hydrogen-bond donors (Lipinski definition) is 0. The molecule has 256 valence electrons. The van der Waals surface area contributed by atoms with Crippen LogP contribution in [0.3, 0.4) is 0 Å². The average Bonchev–Trinajstić information content (AvgIpc) is 3.06. The van der Waals surface area contributed by atoms with E-state index in [0.29, 0.717) is 19.1 Å². The minimum absolute atomic E-state index is 0.165. The highest BCUT2D eigenvalue weighted by atomic mass is 19.4. The molecule has 0 fully saturated rings. The lowest BCUT2D eigenvalue weighted by Gasteiger charge is -2.20. The highest BCUT2D eigenvalue weighted by molar-refractivity contribution is 5.92. The monoisotopic (exact) mass is 658 g/mol. The van der Waals surface area contributed by atoms with Crippen LogP contribution in [-0.2, 0) is 4.74 Å². The topological polar surface area (TPSA) is 61.8 Å². The molecule has 0 saturated heterocycles. The first-order valence-corrected chi connectivity index (χ1v) is 16.7. The zero-order valence-electron chi connectivity index (χ0n) is 27.4. The first kappa shape index (κ1) is 37.6. The molecule has 0 amide bonds. The number of rotatable bonds is 20. The molecule has 0 aliphatic carbocycles. The number of alkyl halides is 3. The number of carbonyl (C=O) groups is 2. The third-order valence-electron chi connectivity index (χ3n) is 7.88. The fraction of sp³-hybridized carbons (Fsp3) is 0.474. The number of ether oxygens (including phenoxy) is 3. The lowest BCUT2D eigenvalue weighted by atomic mass is 10.0. The van der Waals surface area contributed by atoms with E-state index in [9.17, 15) is 27.2 Å². The van der Waals surface area contributed by atoms with Gasteiger partial charge in [-0.05, 0) is 72.9 Å². The average molecular weight is 659 g/mol. The molecule has 0 radical (unpaired) electrons. The van der Waals surface area contributed by atoms with Crippen LogP contribution in [-0.4, -0.2) is 30.8 Å². The molecule has 0 N–H and O–H groups in total. The van der Waals surface area contributed by atoms with E-state index in [1.54, 1.807) is 24.3 Å². The fourth-order valence-electron chi connectivity index (χ4n) is 5.08. The van der Waals surface area contributed by atoms with E-state index in [0.717, 1.165) is 54.7 Å². The summed E-state index contributed by atoms with van der Waals surface area (Å²) in [4.78, 5) is 25.1. The zero-order chi connectivity index (χ0) is 34.1. The number of halogens is 4. The Balaban J connectivity index is 1.49. The van der Waals surface area contributed by atoms with E-state index < -0.39 is 41.3 Å². The summed E-state index contributed by atoms with van der Waals surface area (Å²) in [5, 5.41) is 0. The summed E-state index contributed by atoms with van der Waals surface area (Å²) in [5.74, 6) is -2.90. The molecular weight excluding hydrogens is 612 g/mol. The summed E-state index contributed by atoms with van der Waals surface area (Å²) in [6, 6.07) is 17.0. The van der Waals surface area contributed by atoms with E-state index in [1.807, 2.05) is 31.2 Å². The SMILES string of the molecule is CCCCCCCCCCOc1ccc(-c2ccc(C(=O)Oc3ccc(C(=O)OC(CCCCCC)C(F)(F)F)cc3F)cc2)cc1. The Morgan fingerprint density at radius 1 is 0.660 bits per heavy atom. The molecule has 0 heterocycles. The van der Waals surface area contributed by atoms with Gasteiger partial charge in [-0.2, -0.15) is 13.2 Å². The zero-order valence-corrected chi connectivity index (χ0v) is 27.4. The highest BCUT2D eigenvalue weighted by Crippen LogP contribution is 2.29. The van der Waals surface area contributed by atoms with Gasteiger partial charge >= 0.3 is 18.1 Å². The Kier molecular flexibility index (Phi) is 15.8. The molecular formula is C38H46F4O5. The molecule has 0 aromatic heterocycles. The molecule has 3 aromatic carbocycles. The van der Waals surface area contributed by atoms with Crippen molar-refractivity contribution >= 4 is 11.9 Å². The summed E-state index contributed by atoms with van der Waals surface area (Å²) >= 11 is 0. The van der Waals surface area contributed by atoms with Gasteiger partial charge in [0.25, 0.3) is 0 Å². The molecule has 9 heteroatoms. The van der Waals surface area contributed by atoms with Crippen LogP contribution in [0.2, 0.25) is 0 Å². The minimum Gasteiger partial charge on any atom is -0.494 e. The number of esters is 2.